The fourth-order valence-electron chi connectivity index (χ4n) is 2.02. The molecule has 0 saturated carbocycles. The highest BCUT2D eigenvalue weighted by molar-refractivity contribution is 5.14. The summed E-state index contributed by atoms with van der Waals surface area (Å²) in [4.78, 5) is 0. The molecule has 18 heavy (non-hydrogen) atoms. The normalized spacial score (nSPS) is 10.7. The Morgan fingerprint density at radius 3 is 2.78 bits per heavy atom. The number of hydrogen-bond acceptors (Lipinski definition) is 2. The van der Waals surface area contributed by atoms with Gasteiger partial charge in [-0.15, -0.1) is 0 Å². The van der Waals surface area contributed by atoms with Gasteiger partial charge in [0.2, 0.25) is 0 Å². The number of nitrogens with one attached hydrogen (secondary N) is 1. The molecule has 0 fully saturated rings. The molecule has 2 rings (SSSR count). The molecule has 1 aromatic heterocycles. The summed E-state index contributed by atoms with van der Waals surface area (Å²) >= 11 is 0. The number of benzene rings is 1. The van der Waals surface area contributed by atoms with Crippen LogP contribution in [-0.4, -0.2) is 16.3 Å². The molecule has 1 aromatic carbocycles. The van der Waals surface area contributed by atoms with Gasteiger partial charge in [0.25, 0.3) is 0 Å². The predicted octanol–water partition coefficient (Wildman–Crippen LogP) is 2.63. The minimum absolute atomic E-state index is 0.896. The molecule has 1 N–H and O–H groups in total. The number of aromatic nitrogens is 2. The molecule has 0 spiro atoms. The number of hydrogen-bond donors (Lipinski definition) is 1. The Labute approximate surface area is 109 Å². The lowest BCUT2D eigenvalue weighted by Gasteiger charge is -2.07. The van der Waals surface area contributed by atoms with Gasteiger partial charge in [0.1, 0.15) is 0 Å². The molecule has 0 saturated heterocycles. The Morgan fingerprint density at radius 1 is 1.17 bits per heavy atom. The van der Waals surface area contributed by atoms with Gasteiger partial charge in [0, 0.05) is 19.3 Å². The molecule has 0 aliphatic heterocycles. The fraction of sp³-hybridized carbons (Fsp3) is 0.400. The summed E-state index contributed by atoms with van der Waals surface area (Å²) < 4.78 is 2.08. The third-order valence-electron chi connectivity index (χ3n) is 2.98. The van der Waals surface area contributed by atoms with E-state index in [2.05, 4.69) is 58.4 Å². The maximum atomic E-state index is 4.32. The lowest BCUT2D eigenvalue weighted by molar-refractivity contribution is 0.550. The van der Waals surface area contributed by atoms with Crippen LogP contribution in [0.2, 0.25) is 0 Å². The second-order valence-electron chi connectivity index (χ2n) is 4.46. The summed E-state index contributed by atoms with van der Waals surface area (Å²) in [5.74, 6) is 0. The summed E-state index contributed by atoms with van der Waals surface area (Å²) in [5, 5.41) is 7.79. The molecule has 0 aliphatic carbocycles. The molecule has 1 heterocycles. The monoisotopic (exact) mass is 243 g/mol. The average molecular weight is 243 g/mol. The zero-order chi connectivity index (χ0) is 12.6. The SMILES string of the molecule is CCCn1nccc1CNCCc1ccccc1. The van der Waals surface area contributed by atoms with Crippen molar-refractivity contribution in [1.82, 2.24) is 15.1 Å². The van der Waals surface area contributed by atoms with Gasteiger partial charge in [-0.1, -0.05) is 37.3 Å². The molecule has 96 valence electrons. The van der Waals surface area contributed by atoms with E-state index in [0.717, 1.165) is 32.5 Å². The lowest BCUT2D eigenvalue weighted by atomic mass is 10.1. The fourth-order valence-corrected chi connectivity index (χ4v) is 2.02. The lowest BCUT2D eigenvalue weighted by Crippen LogP contribution is -2.19. The average Bonchev–Trinajstić information content (AvgIpc) is 2.84. The van der Waals surface area contributed by atoms with Gasteiger partial charge in [-0.3, -0.25) is 4.68 Å². The highest BCUT2D eigenvalue weighted by atomic mass is 15.3. The quantitative estimate of drug-likeness (QED) is 0.758. The van der Waals surface area contributed by atoms with Crippen molar-refractivity contribution in [1.29, 1.82) is 0 Å². The Bertz CT molecular complexity index is 448. The molecule has 0 amide bonds. The first-order chi connectivity index (χ1) is 8.90. The molecule has 3 heteroatoms. The van der Waals surface area contributed by atoms with Crippen molar-refractivity contribution >= 4 is 0 Å². The summed E-state index contributed by atoms with van der Waals surface area (Å²) in [6.45, 7) is 5.07. The van der Waals surface area contributed by atoms with Crippen molar-refractivity contribution in [2.45, 2.75) is 32.9 Å². The van der Waals surface area contributed by atoms with Crippen molar-refractivity contribution in [3.8, 4) is 0 Å². The molecule has 0 radical (unpaired) electrons. The Hall–Kier alpha value is -1.61. The molecule has 2 aromatic rings. The van der Waals surface area contributed by atoms with Crippen LogP contribution in [0.5, 0.6) is 0 Å². The second-order valence-corrected chi connectivity index (χ2v) is 4.46. The maximum absolute atomic E-state index is 4.32. The van der Waals surface area contributed by atoms with Crippen LogP contribution in [-0.2, 0) is 19.5 Å². The van der Waals surface area contributed by atoms with Crippen molar-refractivity contribution < 1.29 is 0 Å². The first-order valence-electron chi connectivity index (χ1n) is 6.65. The van der Waals surface area contributed by atoms with Crippen molar-refractivity contribution in [3.05, 3.63) is 53.9 Å². The molecule has 3 nitrogen and oxygen atoms in total. The van der Waals surface area contributed by atoms with E-state index in [-0.39, 0.29) is 0 Å². The molecular weight excluding hydrogens is 222 g/mol. The standard InChI is InChI=1S/C15H21N3/c1-2-12-18-15(9-11-17-18)13-16-10-8-14-6-4-3-5-7-14/h3-7,9,11,16H,2,8,10,12-13H2,1H3. The van der Waals surface area contributed by atoms with Gasteiger partial charge in [-0.25, -0.2) is 0 Å². The van der Waals surface area contributed by atoms with Crippen molar-refractivity contribution in [2.24, 2.45) is 0 Å². The Morgan fingerprint density at radius 2 is 2.00 bits per heavy atom. The highest BCUT2D eigenvalue weighted by Crippen LogP contribution is 2.01. The molecule has 0 unspecified atom stereocenters. The molecule has 0 aliphatic rings. The van der Waals surface area contributed by atoms with Gasteiger partial charge in [-0.2, -0.15) is 5.10 Å². The maximum Gasteiger partial charge on any atom is 0.0522 e. The first kappa shape index (κ1) is 12.8. The van der Waals surface area contributed by atoms with Crippen LogP contribution >= 0.6 is 0 Å². The van der Waals surface area contributed by atoms with Crippen LogP contribution in [0.3, 0.4) is 0 Å². The molecule has 0 atom stereocenters. The largest absolute Gasteiger partial charge is 0.311 e. The van der Waals surface area contributed by atoms with Crippen LogP contribution in [0.4, 0.5) is 0 Å². The van der Waals surface area contributed by atoms with Crippen LogP contribution in [0.25, 0.3) is 0 Å². The summed E-state index contributed by atoms with van der Waals surface area (Å²) in [7, 11) is 0. The van der Waals surface area contributed by atoms with Crippen LogP contribution < -0.4 is 5.32 Å². The van der Waals surface area contributed by atoms with E-state index in [1.54, 1.807) is 0 Å². The van der Waals surface area contributed by atoms with Crippen LogP contribution in [0, 0.1) is 0 Å². The number of rotatable bonds is 7. The number of nitrogens with zero attached hydrogens (tertiary/aromatic N) is 2. The molecule has 0 bridgehead atoms. The van der Waals surface area contributed by atoms with E-state index in [4.69, 9.17) is 0 Å². The topological polar surface area (TPSA) is 29.9 Å². The van der Waals surface area contributed by atoms with E-state index < -0.39 is 0 Å². The zero-order valence-electron chi connectivity index (χ0n) is 11.0. The number of aryl methyl sites for hydroxylation is 1. The van der Waals surface area contributed by atoms with E-state index in [1.165, 1.54) is 11.3 Å². The Balaban J connectivity index is 1.73. The van der Waals surface area contributed by atoms with Crippen molar-refractivity contribution in [3.63, 3.8) is 0 Å². The minimum atomic E-state index is 0.896. The highest BCUT2D eigenvalue weighted by Gasteiger charge is 2.00. The van der Waals surface area contributed by atoms with Gasteiger partial charge in [0.15, 0.2) is 0 Å². The van der Waals surface area contributed by atoms with Gasteiger partial charge < -0.3 is 5.32 Å². The van der Waals surface area contributed by atoms with E-state index in [9.17, 15) is 0 Å². The van der Waals surface area contributed by atoms with Gasteiger partial charge in [-0.05, 0) is 31.0 Å². The van der Waals surface area contributed by atoms with Crippen LogP contribution in [0.1, 0.15) is 24.6 Å². The summed E-state index contributed by atoms with van der Waals surface area (Å²) in [5.41, 5.74) is 2.65. The third kappa shape index (κ3) is 3.70. The summed E-state index contributed by atoms with van der Waals surface area (Å²) in [6.07, 6.45) is 4.07. The minimum Gasteiger partial charge on any atom is -0.311 e. The molecular formula is C15H21N3. The Kier molecular flexibility index (Phi) is 4.97. The second kappa shape index (κ2) is 6.97. The third-order valence-corrected chi connectivity index (χ3v) is 2.98. The van der Waals surface area contributed by atoms with E-state index in [0.29, 0.717) is 0 Å². The first-order valence-corrected chi connectivity index (χ1v) is 6.65. The van der Waals surface area contributed by atoms with E-state index >= 15 is 0 Å². The van der Waals surface area contributed by atoms with Gasteiger partial charge in [0.05, 0.1) is 5.69 Å². The van der Waals surface area contributed by atoms with Gasteiger partial charge >= 0.3 is 0 Å². The van der Waals surface area contributed by atoms with Crippen molar-refractivity contribution in [2.75, 3.05) is 6.54 Å². The smallest absolute Gasteiger partial charge is 0.0522 e. The summed E-state index contributed by atoms with van der Waals surface area (Å²) in [6, 6.07) is 12.7. The van der Waals surface area contributed by atoms with E-state index in [1.807, 2.05) is 6.20 Å². The predicted molar refractivity (Wildman–Crippen MR) is 74.4 cm³/mol. The van der Waals surface area contributed by atoms with Crippen LogP contribution in [0.15, 0.2) is 42.6 Å². The zero-order valence-corrected chi connectivity index (χ0v) is 11.0.